The van der Waals surface area contributed by atoms with Crippen LogP contribution in [0.4, 0.5) is 4.79 Å². The van der Waals surface area contributed by atoms with Crippen LogP contribution >= 0.6 is 0 Å². The minimum atomic E-state index is -0.425. The van der Waals surface area contributed by atoms with E-state index in [0.29, 0.717) is 6.04 Å². The van der Waals surface area contributed by atoms with Gasteiger partial charge in [0.1, 0.15) is 5.60 Å². The molecule has 2 aliphatic carbocycles. The van der Waals surface area contributed by atoms with Crippen LogP contribution in [-0.4, -0.2) is 43.5 Å². The fourth-order valence-electron chi connectivity index (χ4n) is 2.39. The number of hydrogen-bond donors (Lipinski definition) is 2. The number of carbonyl (C=O) groups is 1. The minimum absolute atomic E-state index is 0.253. The van der Waals surface area contributed by atoms with Gasteiger partial charge in [0.05, 0.1) is 0 Å². The normalized spacial score (nSPS) is 25.3. The molecule has 0 bridgehead atoms. The number of rotatable bonds is 8. The second-order valence-corrected chi connectivity index (χ2v) is 7.34. The third-order valence-electron chi connectivity index (χ3n) is 3.81. The Bertz CT molecular complexity index is 331. The average Bonchev–Trinajstić information content (AvgIpc) is 3.11. The van der Waals surface area contributed by atoms with Gasteiger partial charge in [-0.2, -0.15) is 0 Å². The van der Waals surface area contributed by atoms with Crippen LogP contribution in [-0.2, 0) is 9.47 Å². The monoisotopic (exact) mass is 298 g/mol. The van der Waals surface area contributed by atoms with Gasteiger partial charge in [-0.05, 0) is 65.3 Å². The molecule has 1 amide bonds. The first-order valence-electron chi connectivity index (χ1n) is 8.23. The fourth-order valence-corrected chi connectivity index (χ4v) is 2.39. The molecule has 21 heavy (non-hydrogen) atoms. The summed E-state index contributed by atoms with van der Waals surface area (Å²) in [4.78, 5) is 11.6. The van der Waals surface area contributed by atoms with Crippen LogP contribution < -0.4 is 10.6 Å². The maximum atomic E-state index is 11.6. The second kappa shape index (κ2) is 7.45. The summed E-state index contributed by atoms with van der Waals surface area (Å²) in [5.74, 6) is 0.851. The fraction of sp³-hybridized carbons (Fsp3) is 0.938. The lowest BCUT2D eigenvalue weighted by atomic mass is 9.87. The Kier molecular flexibility index (Phi) is 5.88. The molecule has 122 valence electrons. The van der Waals surface area contributed by atoms with E-state index in [2.05, 4.69) is 10.6 Å². The standard InChI is InChI=1S/C16H30N2O3/c1-16(2,3)21-15(19)18-14-9-13(10-14)17-7-4-8-20-11-12-5-6-12/h12-14,17H,4-11H2,1-3H3,(H,18,19). The van der Waals surface area contributed by atoms with Crippen molar-refractivity contribution in [1.29, 1.82) is 0 Å². The molecule has 5 nitrogen and oxygen atoms in total. The molecule has 2 rings (SSSR count). The highest BCUT2D eigenvalue weighted by Crippen LogP contribution is 2.28. The molecule has 0 aromatic heterocycles. The highest BCUT2D eigenvalue weighted by atomic mass is 16.6. The lowest BCUT2D eigenvalue weighted by Crippen LogP contribution is -2.53. The predicted octanol–water partition coefficient (Wildman–Crippen LogP) is 2.45. The van der Waals surface area contributed by atoms with E-state index in [9.17, 15) is 4.79 Å². The first kappa shape index (κ1) is 16.6. The lowest BCUT2D eigenvalue weighted by Gasteiger charge is -2.36. The molecule has 0 unspecified atom stereocenters. The van der Waals surface area contributed by atoms with Gasteiger partial charge in [0.2, 0.25) is 0 Å². The van der Waals surface area contributed by atoms with E-state index in [1.165, 1.54) is 12.8 Å². The molecule has 0 aromatic rings. The number of alkyl carbamates (subject to hydrolysis) is 1. The van der Waals surface area contributed by atoms with Gasteiger partial charge >= 0.3 is 6.09 Å². The maximum absolute atomic E-state index is 11.6. The Morgan fingerprint density at radius 1 is 1.19 bits per heavy atom. The van der Waals surface area contributed by atoms with E-state index in [-0.39, 0.29) is 12.1 Å². The molecule has 0 radical (unpaired) electrons. The van der Waals surface area contributed by atoms with Crippen molar-refractivity contribution in [2.75, 3.05) is 19.8 Å². The molecule has 0 aromatic carbocycles. The van der Waals surface area contributed by atoms with Crippen LogP contribution in [0, 0.1) is 5.92 Å². The SMILES string of the molecule is CC(C)(C)OC(=O)NC1CC(NCCCOCC2CC2)C1. The molecule has 2 N–H and O–H groups in total. The van der Waals surface area contributed by atoms with Gasteiger partial charge in [0.25, 0.3) is 0 Å². The molecule has 0 aliphatic heterocycles. The minimum Gasteiger partial charge on any atom is -0.444 e. The zero-order chi connectivity index (χ0) is 15.3. The van der Waals surface area contributed by atoms with E-state index in [4.69, 9.17) is 9.47 Å². The molecule has 2 saturated carbocycles. The smallest absolute Gasteiger partial charge is 0.407 e. The quantitative estimate of drug-likeness (QED) is 0.676. The van der Waals surface area contributed by atoms with Gasteiger partial charge < -0.3 is 20.1 Å². The first-order chi connectivity index (χ1) is 9.92. The predicted molar refractivity (Wildman–Crippen MR) is 82.3 cm³/mol. The Balaban J connectivity index is 1.41. The van der Waals surface area contributed by atoms with Crippen LogP contribution in [0.25, 0.3) is 0 Å². The maximum Gasteiger partial charge on any atom is 0.407 e. The van der Waals surface area contributed by atoms with Crippen molar-refractivity contribution in [2.45, 2.75) is 70.6 Å². The van der Waals surface area contributed by atoms with Crippen LogP contribution in [0.15, 0.2) is 0 Å². The summed E-state index contributed by atoms with van der Waals surface area (Å²) in [6.45, 7) is 8.44. The van der Waals surface area contributed by atoms with Gasteiger partial charge in [0.15, 0.2) is 0 Å². The summed E-state index contributed by atoms with van der Waals surface area (Å²) in [5.41, 5.74) is -0.425. The second-order valence-electron chi connectivity index (χ2n) is 7.34. The number of amides is 1. The van der Waals surface area contributed by atoms with Crippen molar-refractivity contribution < 1.29 is 14.3 Å². The highest BCUT2D eigenvalue weighted by molar-refractivity contribution is 5.68. The molecular weight excluding hydrogens is 268 g/mol. The number of hydrogen-bond acceptors (Lipinski definition) is 4. The molecule has 0 spiro atoms. The summed E-state index contributed by atoms with van der Waals surface area (Å²) in [6.07, 6.45) is 5.44. The van der Waals surface area contributed by atoms with Crippen molar-refractivity contribution in [2.24, 2.45) is 5.92 Å². The van der Waals surface area contributed by atoms with Crippen LogP contribution in [0.1, 0.15) is 52.9 Å². The Labute approximate surface area is 128 Å². The summed E-state index contributed by atoms with van der Waals surface area (Å²) in [6, 6.07) is 0.775. The molecule has 0 atom stereocenters. The topological polar surface area (TPSA) is 59.6 Å². The van der Waals surface area contributed by atoms with Crippen molar-refractivity contribution in [3.8, 4) is 0 Å². The van der Waals surface area contributed by atoms with Crippen LogP contribution in [0.5, 0.6) is 0 Å². The Morgan fingerprint density at radius 2 is 1.90 bits per heavy atom. The van der Waals surface area contributed by atoms with Crippen molar-refractivity contribution in [3.05, 3.63) is 0 Å². The van der Waals surface area contributed by atoms with Crippen molar-refractivity contribution in [3.63, 3.8) is 0 Å². The number of nitrogens with one attached hydrogen (secondary N) is 2. The highest BCUT2D eigenvalue weighted by Gasteiger charge is 2.31. The van der Waals surface area contributed by atoms with Crippen molar-refractivity contribution >= 4 is 6.09 Å². The third-order valence-corrected chi connectivity index (χ3v) is 3.81. The van der Waals surface area contributed by atoms with E-state index in [0.717, 1.165) is 44.9 Å². The molecule has 2 aliphatic rings. The van der Waals surface area contributed by atoms with E-state index >= 15 is 0 Å². The van der Waals surface area contributed by atoms with E-state index < -0.39 is 5.60 Å². The molecular formula is C16H30N2O3. The zero-order valence-electron chi connectivity index (χ0n) is 13.6. The summed E-state index contributed by atoms with van der Waals surface area (Å²) >= 11 is 0. The molecule has 5 heteroatoms. The van der Waals surface area contributed by atoms with Crippen LogP contribution in [0.3, 0.4) is 0 Å². The molecule has 0 heterocycles. The number of carbonyl (C=O) groups excluding carboxylic acids is 1. The van der Waals surface area contributed by atoms with Crippen LogP contribution in [0.2, 0.25) is 0 Å². The Morgan fingerprint density at radius 3 is 2.52 bits per heavy atom. The summed E-state index contributed by atoms with van der Waals surface area (Å²) < 4.78 is 10.8. The first-order valence-corrected chi connectivity index (χ1v) is 8.23. The number of ether oxygens (including phenoxy) is 2. The van der Waals surface area contributed by atoms with E-state index in [1.807, 2.05) is 20.8 Å². The third kappa shape index (κ3) is 7.14. The van der Waals surface area contributed by atoms with Gasteiger partial charge in [-0.25, -0.2) is 4.79 Å². The largest absolute Gasteiger partial charge is 0.444 e. The summed E-state index contributed by atoms with van der Waals surface area (Å²) in [5, 5.41) is 6.41. The van der Waals surface area contributed by atoms with Gasteiger partial charge in [0, 0.05) is 25.3 Å². The summed E-state index contributed by atoms with van der Waals surface area (Å²) in [7, 11) is 0. The lowest BCUT2D eigenvalue weighted by molar-refractivity contribution is 0.0465. The van der Waals surface area contributed by atoms with Crippen molar-refractivity contribution in [1.82, 2.24) is 10.6 Å². The Hall–Kier alpha value is -0.810. The van der Waals surface area contributed by atoms with Gasteiger partial charge in [-0.1, -0.05) is 0 Å². The van der Waals surface area contributed by atoms with E-state index in [1.54, 1.807) is 0 Å². The van der Waals surface area contributed by atoms with Gasteiger partial charge in [-0.3, -0.25) is 0 Å². The molecule has 2 fully saturated rings. The molecule has 0 saturated heterocycles. The average molecular weight is 298 g/mol. The van der Waals surface area contributed by atoms with Gasteiger partial charge in [-0.15, -0.1) is 0 Å². The zero-order valence-corrected chi connectivity index (χ0v) is 13.6.